The molecule has 0 aliphatic heterocycles. The largest absolute Gasteiger partial charge is 0.497 e. The summed E-state index contributed by atoms with van der Waals surface area (Å²) in [5.41, 5.74) is 2.01. The highest BCUT2D eigenvalue weighted by atomic mass is 19.1. The second kappa shape index (κ2) is 7.45. The van der Waals surface area contributed by atoms with Crippen molar-refractivity contribution in [1.82, 2.24) is 0 Å². The van der Waals surface area contributed by atoms with Gasteiger partial charge in [0.05, 0.1) is 14.2 Å². The molecule has 0 heterocycles. The van der Waals surface area contributed by atoms with Crippen molar-refractivity contribution in [3.8, 4) is 11.5 Å². The summed E-state index contributed by atoms with van der Waals surface area (Å²) in [6.07, 6.45) is 3.05. The summed E-state index contributed by atoms with van der Waals surface area (Å²) < 4.78 is 23.4. The van der Waals surface area contributed by atoms with Gasteiger partial charge in [0, 0.05) is 17.8 Å². The van der Waals surface area contributed by atoms with Crippen LogP contribution < -0.4 is 14.8 Å². The first-order valence-corrected chi connectivity index (χ1v) is 7.00. The molecule has 0 aliphatic carbocycles. The number of amides is 1. The van der Waals surface area contributed by atoms with Crippen LogP contribution in [0.15, 0.2) is 42.5 Å². The van der Waals surface area contributed by atoms with Gasteiger partial charge >= 0.3 is 0 Å². The summed E-state index contributed by atoms with van der Waals surface area (Å²) in [6.45, 7) is 1.73. The topological polar surface area (TPSA) is 47.6 Å². The zero-order valence-corrected chi connectivity index (χ0v) is 13.2. The predicted molar refractivity (Wildman–Crippen MR) is 88.3 cm³/mol. The summed E-state index contributed by atoms with van der Waals surface area (Å²) in [5.74, 6) is 0.638. The Morgan fingerprint density at radius 2 is 1.74 bits per heavy atom. The molecule has 0 radical (unpaired) electrons. The van der Waals surface area contributed by atoms with Gasteiger partial charge in [-0.1, -0.05) is 0 Å². The van der Waals surface area contributed by atoms with E-state index in [0.717, 1.165) is 5.56 Å². The molecule has 0 saturated heterocycles. The lowest BCUT2D eigenvalue weighted by atomic mass is 10.1. The van der Waals surface area contributed by atoms with Gasteiger partial charge in [0.15, 0.2) is 0 Å². The number of halogens is 1. The van der Waals surface area contributed by atoms with Crippen molar-refractivity contribution in [3.63, 3.8) is 0 Å². The summed E-state index contributed by atoms with van der Waals surface area (Å²) in [6, 6.07) is 9.53. The molecule has 0 bridgehead atoms. The van der Waals surface area contributed by atoms with Crippen LogP contribution in [-0.2, 0) is 4.79 Å². The number of benzene rings is 2. The minimum absolute atomic E-state index is 0.304. The Kier molecular flexibility index (Phi) is 5.36. The SMILES string of the molecule is COc1cc(/C=C/C(=O)Nc2ccc(F)cc2C)cc(OC)c1. The van der Waals surface area contributed by atoms with E-state index in [4.69, 9.17) is 9.47 Å². The summed E-state index contributed by atoms with van der Waals surface area (Å²) >= 11 is 0. The molecule has 120 valence electrons. The first-order chi connectivity index (χ1) is 11.0. The van der Waals surface area contributed by atoms with E-state index in [-0.39, 0.29) is 11.7 Å². The minimum Gasteiger partial charge on any atom is -0.497 e. The highest BCUT2D eigenvalue weighted by Crippen LogP contribution is 2.23. The maximum Gasteiger partial charge on any atom is 0.248 e. The van der Waals surface area contributed by atoms with Crippen LogP contribution >= 0.6 is 0 Å². The first kappa shape index (κ1) is 16.5. The maximum absolute atomic E-state index is 13.0. The average Bonchev–Trinajstić information content (AvgIpc) is 2.55. The van der Waals surface area contributed by atoms with Gasteiger partial charge in [0.2, 0.25) is 5.91 Å². The Hall–Kier alpha value is -2.82. The molecule has 0 fully saturated rings. The van der Waals surface area contributed by atoms with Crippen LogP contribution in [0.25, 0.3) is 6.08 Å². The number of carbonyl (C=O) groups excluding carboxylic acids is 1. The maximum atomic E-state index is 13.0. The summed E-state index contributed by atoms with van der Waals surface area (Å²) in [7, 11) is 3.12. The van der Waals surface area contributed by atoms with Crippen molar-refractivity contribution in [2.75, 3.05) is 19.5 Å². The van der Waals surface area contributed by atoms with Gasteiger partial charge < -0.3 is 14.8 Å². The number of rotatable bonds is 5. The van der Waals surface area contributed by atoms with Crippen LogP contribution in [-0.4, -0.2) is 20.1 Å². The fraction of sp³-hybridized carbons (Fsp3) is 0.167. The highest BCUT2D eigenvalue weighted by Gasteiger charge is 2.04. The smallest absolute Gasteiger partial charge is 0.248 e. The molecule has 0 saturated carbocycles. The van der Waals surface area contributed by atoms with Crippen LogP contribution in [0.2, 0.25) is 0 Å². The normalized spacial score (nSPS) is 10.6. The van der Waals surface area contributed by atoms with Gasteiger partial charge in [-0.25, -0.2) is 4.39 Å². The monoisotopic (exact) mass is 315 g/mol. The Bertz CT molecular complexity index is 719. The number of hydrogen-bond donors (Lipinski definition) is 1. The van der Waals surface area contributed by atoms with Gasteiger partial charge in [0.1, 0.15) is 17.3 Å². The lowest BCUT2D eigenvalue weighted by molar-refractivity contribution is -0.111. The Morgan fingerprint density at radius 1 is 1.09 bits per heavy atom. The third-order valence-corrected chi connectivity index (χ3v) is 3.25. The molecule has 1 N–H and O–H groups in total. The van der Waals surface area contributed by atoms with E-state index in [1.807, 2.05) is 0 Å². The first-order valence-electron chi connectivity index (χ1n) is 7.00. The van der Waals surface area contributed by atoms with Crippen LogP contribution in [0, 0.1) is 12.7 Å². The van der Waals surface area contributed by atoms with E-state index < -0.39 is 0 Å². The molecule has 2 aromatic carbocycles. The Labute approximate surface area is 134 Å². The van der Waals surface area contributed by atoms with Crippen LogP contribution in [0.4, 0.5) is 10.1 Å². The standard InChI is InChI=1S/C18H18FNO3/c1-12-8-14(19)5-6-17(12)20-18(21)7-4-13-9-15(22-2)11-16(10-13)23-3/h4-11H,1-3H3,(H,20,21)/b7-4+. The summed E-state index contributed by atoms with van der Waals surface area (Å²) in [4.78, 5) is 12.0. The van der Waals surface area contributed by atoms with Gasteiger partial charge in [0.25, 0.3) is 0 Å². The van der Waals surface area contributed by atoms with E-state index in [9.17, 15) is 9.18 Å². The fourth-order valence-corrected chi connectivity index (χ4v) is 2.04. The number of carbonyl (C=O) groups is 1. The number of anilines is 1. The van der Waals surface area contributed by atoms with Gasteiger partial charge in [-0.3, -0.25) is 4.79 Å². The number of hydrogen-bond acceptors (Lipinski definition) is 3. The van der Waals surface area contributed by atoms with Crippen molar-refractivity contribution >= 4 is 17.7 Å². The van der Waals surface area contributed by atoms with Crippen molar-refractivity contribution < 1.29 is 18.7 Å². The van der Waals surface area contributed by atoms with Gasteiger partial charge in [-0.15, -0.1) is 0 Å². The van der Waals surface area contributed by atoms with Crippen molar-refractivity contribution in [2.24, 2.45) is 0 Å². The third-order valence-electron chi connectivity index (χ3n) is 3.25. The van der Waals surface area contributed by atoms with Gasteiger partial charge in [-0.05, 0) is 54.5 Å². The molecule has 0 spiro atoms. The van der Waals surface area contributed by atoms with Crippen LogP contribution in [0.5, 0.6) is 11.5 Å². The molecule has 0 aliphatic rings. The van der Waals surface area contributed by atoms with Crippen molar-refractivity contribution in [1.29, 1.82) is 0 Å². The molecule has 2 rings (SSSR count). The van der Waals surface area contributed by atoms with Crippen molar-refractivity contribution in [2.45, 2.75) is 6.92 Å². The van der Waals surface area contributed by atoms with E-state index >= 15 is 0 Å². The molecule has 0 unspecified atom stereocenters. The lowest BCUT2D eigenvalue weighted by Gasteiger charge is -2.07. The van der Waals surface area contributed by atoms with E-state index in [1.165, 1.54) is 24.3 Å². The average molecular weight is 315 g/mol. The number of ether oxygens (including phenoxy) is 2. The second-order valence-corrected chi connectivity index (χ2v) is 4.93. The second-order valence-electron chi connectivity index (χ2n) is 4.93. The number of methoxy groups -OCH3 is 2. The van der Waals surface area contributed by atoms with Gasteiger partial charge in [-0.2, -0.15) is 0 Å². The highest BCUT2D eigenvalue weighted by molar-refractivity contribution is 6.02. The molecule has 4 nitrogen and oxygen atoms in total. The molecular weight excluding hydrogens is 297 g/mol. The predicted octanol–water partition coefficient (Wildman–Crippen LogP) is 3.80. The van der Waals surface area contributed by atoms with Crippen molar-refractivity contribution in [3.05, 3.63) is 59.4 Å². The summed E-state index contributed by atoms with van der Waals surface area (Å²) in [5, 5.41) is 2.71. The number of aryl methyl sites for hydroxylation is 1. The van der Waals surface area contributed by atoms with E-state index in [2.05, 4.69) is 5.32 Å². The molecule has 0 aromatic heterocycles. The third kappa shape index (κ3) is 4.57. The quantitative estimate of drug-likeness (QED) is 0.854. The molecule has 5 heteroatoms. The zero-order chi connectivity index (χ0) is 16.8. The Balaban J connectivity index is 2.11. The van der Waals surface area contributed by atoms with Crippen LogP contribution in [0.3, 0.4) is 0 Å². The van der Waals surface area contributed by atoms with E-state index in [1.54, 1.807) is 45.4 Å². The Morgan fingerprint density at radius 3 is 2.30 bits per heavy atom. The molecule has 1 amide bonds. The zero-order valence-electron chi connectivity index (χ0n) is 13.2. The fourth-order valence-electron chi connectivity index (χ4n) is 2.04. The lowest BCUT2D eigenvalue weighted by Crippen LogP contribution is -2.09. The van der Waals surface area contributed by atoms with Crippen LogP contribution in [0.1, 0.15) is 11.1 Å². The molecule has 2 aromatic rings. The minimum atomic E-state index is -0.334. The van der Waals surface area contributed by atoms with E-state index in [0.29, 0.717) is 22.7 Å². The molecular formula is C18H18FNO3. The molecule has 0 atom stereocenters. The molecule has 23 heavy (non-hydrogen) atoms. The number of nitrogens with one attached hydrogen (secondary N) is 1.